The first-order valence-corrected chi connectivity index (χ1v) is 5.92. The molecule has 0 aromatic heterocycles. The number of hydrogen-bond donors (Lipinski definition) is 2. The minimum atomic E-state index is -4.63. The van der Waals surface area contributed by atoms with E-state index >= 15 is 0 Å². The minimum Gasteiger partial charge on any atom is -0.479 e. The molecular formula is C11H16F3NO4. The molecule has 1 aliphatic carbocycles. The number of aliphatic carboxylic acids is 1. The molecule has 1 fully saturated rings. The van der Waals surface area contributed by atoms with Crippen LogP contribution in [0.25, 0.3) is 0 Å². The van der Waals surface area contributed by atoms with Gasteiger partial charge in [-0.05, 0) is 18.8 Å². The molecule has 0 heterocycles. The predicted molar refractivity (Wildman–Crippen MR) is 58.5 cm³/mol. The third-order valence-electron chi connectivity index (χ3n) is 3.37. The van der Waals surface area contributed by atoms with E-state index in [-0.39, 0.29) is 12.3 Å². The van der Waals surface area contributed by atoms with Crippen molar-refractivity contribution in [1.29, 1.82) is 0 Å². The maximum atomic E-state index is 11.9. The lowest BCUT2D eigenvalue weighted by Gasteiger charge is -2.39. The molecule has 5 nitrogen and oxygen atoms in total. The number of rotatable bonds is 3. The molecule has 0 radical (unpaired) electrons. The van der Waals surface area contributed by atoms with Crippen LogP contribution in [0.5, 0.6) is 0 Å². The van der Waals surface area contributed by atoms with Gasteiger partial charge in [0.25, 0.3) is 0 Å². The van der Waals surface area contributed by atoms with Crippen LogP contribution in [0.2, 0.25) is 0 Å². The van der Waals surface area contributed by atoms with Crippen LogP contribution in [0.15, 0.2) is 0 Å². The molecule has 19 heavy (non-hydrogen) atoms. The van der Waals surface area contributed by atoms with E-state index in [1.54, 1.807) is 6.92 Å². The van der Waals surface area contributed by atoms with Gasteiger partial charge in [-0.15, -0.1) is 0 Å². The summed E-state index contributed by atoms with van der Waals surface area (Å²) in [7, 11) is 0. The van der Waals surface area contributed by atoms with Crippen molar-refractivity contribution in [2.75, 3.05) is 6.61 Å². The molecule has 0 aromatic carbocycles. The van der Waals surface area contributed by atoms with E-state index in [2.05, 4.69) is 10.1 Å². The van der Waals surface area contributed by atoms with Crippen LogP contribution in [0.4, 0.5) is 18.0 Å². The third kappa shape index (κ3) is 4.00. The Morgan fingerprint density at radius 1 is 1.42 bits per heavy atom. The highest BCUT2D eigenvalue weighted by Gasteiger charge is 2.47. The summed E-state index contributed by atoms with van der Waals surface area (Å²) in [5.74, 6) is -1.61. The smallest absolute Gasteiger partial charge is 0.422 e. The monoisotopic (exact) mass is 283 g/mol. The molecule has 1 aliphatic rings. The van der Waals surface area contributed by atoms with Gasteiger partial charge >= 0.3 is 18.2 Å². The standard InChI is InChI=1S/C11H16F3NO4/c1-7-4-2-3-5-10(7,8(16)17)15-9(18)19-6-11(12,13)14/h7H,2-6H2,1H3,(H,15,18)(H,16,17). The summed E-state index contributed by atoms with van der Waals surface area (Å²) in [6.07, 6.45) is -3.79. The number of amides is 1. The van der Waals surface area contributed by atoms with Gasteiger partial charge in [0.2, 0.25) is 0 Å². The zero-order valence-corrected chi connectivity index (χ0v) is 10.4. The average Bonchev–Trinajstić information content (AvgIpc) is 2.28. The van der Waals surface area contributed by atoms with Gasteiger partial charge in [0.05, 0.1) is 0 Å². The number of carbonyl (C=O) groups is 2. The highest BCUT2D eigenvalue weighted by atomic mass is 19.4. The number of alkyl halides is 3. The second kappa shape index (κ2) is 5.66. The Labute approximate surface area is 108 Å². The first-order valence-electron chi connectivity index (χ1n) is 5.92. The zero-order chi connectivity index (χ0) is 14.7. The van der Waals surface area contributed by atoms with Gasteiger partial charge in [-0.25, -0.2) is 9.59 Å². The van der Waals surface area contributed by atoms with Crippen molar-refractivity contribution in [3.63, 3.8) is 0 Å². The molecular weight excluding hydrogens is 267 g/mol. The summed E-state index contributed by atoms with van der Waals surface area (Å²) in [6.45, 7) is -0.0831. The summed E-state index contributed by atoms with van der Waals surface area (Å²) in [6, 6.07) is 0. The highest BCUT2D eigenvalue weighted by molar-refractivity contribution is 5.84. The summed E-state index contributed by atoms with van der Waals surface area (Å²) >= 11 is 0. The topological polar surface area (TPSA) is 75.6 Å². The number of carboxylic acids is 1. The number of nitrogens with one attached hydrogen (secondary N) is 1. The number of alkyl carbamates (subject to hydrolysis) is 1. The normalized spacial score (nSPS) is 27.7. The van der Waals surface area contributed by atoms with Crippen LogP contribution >= 0.6 is 0 Å². The molecule has 2 N–H and O–H groups in total. The van der Waals surface area contributed by atoms with Crippen LogP contribution in [-0.2, 0) is 9.53 Å². The van der Waals surface area contributed by atoms with Crippen molar-refractivity contribution in [2.24, 2.45) is 5.92 Å². The zero-order valence-electron chi connectivity index (χ0n) is 10.4. The van der Waals surface area contributed by atoms with E-state index in [0.717, 1.165) is 6.42 Å². The molecule has 0 spiro atoms. The maximum absolute atomic E-state index is 11.9. The van der Waals surface area contributed by atoms with Crippen LogP contribution in [-0.4, -0.2) is 35.5 Å². The first-order chi connectivity index (χ1) is 8.67. The lowest BCUT2D eigenvalue weighted by molar-refractivity contribution is -0.161. The number of carbonyl (C=O) groups excluding carboxylic acids is 1. The second-order valence-electron chi connectivity index (χ2n) is 4.74. The van der Waals surface area contributed by atoms with Crippen molar-refractivity contribution < 1.29 is 32.6 Å². The minimum absolute atomic E-state index is 0.185. The van der Waals surface area contributed by atoms with Gasteiger partial charge in [0.15, 0.2) is 6.61 Å². The van der Waals surface area contributed by atoms with Gasteiger partial charge in [-0.2, -0.15) is 13.2 Å². The van der Waals surface area contributed by atoms with E-state index in [0.29, 0.717) is 12.8 Å². The molecule has 0 bridgehead atoms. The number of ether oxygens (including phenoxy) is 1. The SMILES string of the molecule is CC1CCCCC1(NC(=O)OCC(F)(F)F)C(=O)O. The lowest BCUT2D eigenvalue weighted by Crippen LogP contribution is -2.60. The Balaban J connectivity index is 2.69. The molecule has 1 amide bonds. The quantitative estimate of drug-likeness (QED) is 0.833. The van der Waals surface area contributed by atoms with E-state index in [9.17, 15) is 27.9 Å². The molecule has 2 unspecified atom stereocenters. The number of carboxylic acid groups (broad SMARTS) is 1. The predicted octanol–water partition coefficient (Wildman–Crippen LogP) is 2.31. The van der Waals surface area contributed by atoms with E-state index in [1.165, 1.54) is 0 Å². The average molecular weight is 283 g/mol. The van der Waals surface area contributed by atoms with E-state index < -0.39 is 30.4 Å². The van der Waals surface area contributed by atoms with Gasteiger partial charge < -0.3 is 15.2 Å². The van der Waals surface area contributed by atoms with Crippen molar-refractivity contribution in [1.82, 2.24) is 5.32 Å². The highest BCUT2D eigenvalue weighted by Crippen LogP contribution is 2.34. The Hall–Kier alpha value is -1.47. The Bertz CT molecular complexity index is 358. The molecule has 0 aromatic rings. The number of hydrogen-bond acceptors (Lipinski definition) is 3. The van der Waals surface area contributed by atoms with Crippen molar-refractivity contribution in [3.8, 4) is 0 Å². The largest absolute Gasteiger partial charge is 0.479 e. The molecule has 0 saturated heterocycles. The molecule has 110 valence electrons. The molecule has 0 aliphatic heterocycles. The van der Waals surface area contributed by atoms with Crippen molar-refractivity contribution in [3.05, 3.63) is 0 Å². The molecule has 2 atom stereocenters. The third-order valence-corrected chi connectivity index (χ3v) is 3.37. The van der Waals surface area contributed by atoms with Crippen LogP contribution in [0.1, 0.15) is 32.6 Å². The van der Waals surface area contributed by atoms with Crippen molar-refractivity contribution in [2.45, 2.75) is 44.3 Å². The summed E-state index contributed by atoms with van der Waals surface area (Å²) in [5.41, 5.74) is -1.54. The fourth-order valence-corrected chi connectivity index (χ4v) is 2.27. The molecule has 1 saturated carbocycles. The van der Waals surface area contributed by atoms with Crippen molar-refractivity contribution >= 4 is 12.1 Å². The lowest BCUT2D eigenvalue weighted by atomic mass is 9.73. The van der Waals surface area contributed by atoms with Crippen LogP contribution in [0.3, 0.4) is 0 Å². The van der Waals surface area contributed by atoms with E-state index in [1.807, 2.05) is 0 Å². The molecule has 8 heteroatoms. The number of halogens is 3. The van der Waals surface area contributed by atoms with Gasteiger partial charge in [0.1, 0.15) is 5.54 Å². The Morgan fingerprint density at radius 3 is 2.53 bits per heavy atom. The summed E-state index contributed by atoms with van der Waals surface area (Å²) in [4.78, 5) is 22.6. The second-order valence-corrected chi connectivity index (χ2v) is 4.74. The Kier molecular flexibility index (Phi) is 4.65. The van der Waals surface area contributed by atoms with Crippen LogP contribution < -0.4 is 5.32 Å². The van der Waals surface area contributed by atoms with Gasteiger partial charge in [0, 0.05) is 0 Å². The summed E-state index contributed by atoms with van der Waals surface area (Å²) in [5, 5.41) is 11.3. The molecule has 1 rings (SSSR count). The first kappa shape index (κ1) is 15.6. The Morgan fingerprint density at radius 2 is 2.05 bits per heavy atom. The van der Waals surface area contributed by atoms with Gasteiger partial charge in [-0.1, -0.05) is 19.8 Å². The van der Waals surface area contributed by atoms with Gasteiger partial charge in [-0.3, -0.25) is 0 Å². The fraction of sp³-hybridized carbons (Fsp3) is 0.818. The summed E-state index contributed by atoms with van der Waals surface area (Å²) < 4.78 is 39.7. The van der Waals surface area contributed by atoms with E-state index in [4.69, 9.17) is 0 Å². The maximum Gasteiger partial charge on any atom is 0.422 e. The van der Waals surface area contributed by atoms with Crippen LogP contribution in [0, 0.1) is 5.92 Å². The fourth-order valence-electron chi connectivity index (χ4n) is 2.27.